The molecule has 0 heterocycles. The van der Waals surface area contributed by atoms with E-state index in [1.165, 1.54) is 37.0 Å². The van der Waals surface area contributed by atoms with E-state index in [0.717, 1.165) is 10.9 Å². The molecule has 1 aliphatic rings. The Bertz CT molecular complexity index is 396. The third-order valence-electron chi connectivity index (χ3n) is 4.05. The van der Waals surface area contributed by atoms with E-state index in [1.807, 2.05) is 23.9 Å². The van der Waals surface area contributed by atoms with Gasteiger partial charge in [-0.25, -0.2) is 0 Å². The van der Waals surface area contributed by atoms with Gasteiger partial charge in [0.1, 0.15) is 0 Å². The van der Waals surface area contributed by atoms with Crippen molar-refractivity contribution in [3.63, 3.8) is 0 Å². The van der Waals surface area contributed by atoms with E-state index < -0.39 is 0 Å². The molecule has 3 heteroatoms. The molecule has 1 aliphatic carbocycles. The molecule has 0 radical (unpaired) electrons. The fourth-order valence-electron chi connectivity index (χ4n) is 3.06. The molecule has 0 aliphatic heterocycles. The second-order valence-corrected chi connectivity index (χ2v) is 7.23. The van der Waals surface area contributed by atoms with Gasteiger partial charge in [0, 0.05) is 21.2 Å². The van der Waals surface area contributed by atoms with Crippen molar-refractivity contribution in [2.45, 2.75) is 55.2 Å². The van der Waals surface area contributed by atoms with Gasteiger partial charge in [-0.2, -0.15) is 0 Å². The third-order valence-corrected chi connectivity index (χ3v) is 5.64. The van der Waals surface area contributed by atoms with Gasteiger partial charge >= 0.3 is 0 Å². The van der Waals surface area contributed by atoms with Crippen molar-refractivity contribution in [3.05, 3.63) is 29.3 Å². The minimum atomic E-state index is 0.636. The fraction of sp³-hybridized carbons (Fsp3) is 0.625. The average molecular weight is 298 g/mol. The maximum atomic E-state index is 6.08. The van der Waals surface area contributed by atoms with Gasteiger partial charge in [-0.1, -0.05) is 37.4 Å². The maximum Gasteiger partial charge on any atom is 0.0417 e. The molecule has 3 atom stereocenters. The van der Waals surface area contributed by atoms with E-state index in [-0.39, 0.29) is 0 Å². The van der Waals surface area contributed by atoms with Gasteiger partial charge in [-0.05, 0) is 50.4 Å². The van der Waals surface area contributed by atoms with Crippen molar-refractivity contribution in [2.75, 3.05) is 7.05 Å². The van der Waals surface area contributed by atoms with Gasteiger partial charge < -0.3 is 5.32 Å². The lowest BCUT2D eigenvalue weighted by atomic mass is 9.83. The molecule has 0 saturated heterocycles. The molecular weight excluding hydrogens is 274 g/mol. The number of hydrogen-bond donors (Lipinski definition) is 1. The van der Waals surface area contributed by atoms with E-state index >= 15 is 0 Å². The summed E-state index contributed by atoms with van der Waals surface area (Å²) in [5, 5.41) is 5.01. The van der Waals surface area contributed by atoms with Crippen molar-refractivity contribution in [2.24, 2.45) is 5.92 Å². The lowest BCUT2D eigenvalue weighted by Gasteiger charge is -2.35. The van der Waals surface area contributed by atoms with Crippen LogP contribution in [0.5, 0.6) is 0 Å². The third kappa shape index (κ3) is 4.40. The lowest BCUT2D eigenvalue weighted by Crippen LogP contribution is -2.40. The number of thioether (sulfide) groups is 1. The summed E-state index contributed by atoms with van der Waals surface area (Å²) < 4.78 is 0. The Labute approximate surface area is 126 Å². The Morgan fingerprint density at radius 1 is 1.37 bits per heavy atom. The molecule has 2 rings (SSSR count). The molecule has 0 spiro atoms. The summed E-state index contributed by atoms with van der Waals surface area (Å²) in [4.78, 5) is 1.30. The van der Waals surface area contributed by atoms with Crippen LogP contribution in [0.4, 0.5) is 0 Å². The van der Waals surface area contributed by atoms with Crippen LogP contribution in [-0.4, -0.2) is 18.3 Å². The Morgan fingerprint density at radius 2 is 2.21 bits per heavy atom. The molecular formula is C16H24ClNS. The standard InChI is InChI=1S/C16H24ClNS/c1-3-5-12-8-9-15(18-2)16(10-12)19-14-7-4-6-13(17)11-14/h4,6-7,11-12,15-16,18H,3,5,8-10H2,1-2H3. The summed E-state index contributed by atoms with van der Waals surface area (Å²) in [6, 6.07) is 8.89. The Kier molecular flexibility index (Phi) is 6.06. The molecule has 1 aromatic rings. The Morgan fingerprint density at radius 3 is 2.89 bits per heavy atom. The van der Waals surface area contributed by atoms with E-state index in [2.05, 4.69) is 31.4 Å². The summed E-state index contributed by atoms with van der Waals surface area (Å²) in [5.41, 5.74) is 0. The molecule has 1 aromatic carbocycles. The molecule has 19 heavy (non-hydrogen) atoms. The van der Waals surface area contributed by atoms with E-state index in [9.17, 15) is 0 Å². The van der Waals surface area contributed by atoms with Crippen molar-refractivity contribution in [3.8, 4) is 0 Å². The Balaban J connectivity index is 2.01. The first-order valence-electron chi connectivity index (χ1n) is 7.32. The smallest absolute Gasteiger partial charge is 0.0417 e. The molecule has 106 valence electrons. The minimum absolute atomic E-state index is 0.636. The van der Waals surface area contributed by atoms with Crippen LogP contribution < -0.4 is 5.32 Å². The van der Waals surface area contributed by atoms with Gasteiger partial charge in [0.25, 0.3) is 0 Å². The highest BCUT2D eigenvalue weighted by Gasteiger charge is 2.29. The van der Waals surface area contributed by atoms with Crippen LogP contribution in [0.1, 0.15) is 39.0 Å². The molecule has 0 bridgehead atoms. The van der Waals surface area contributed by atoms with Crippen LogP contribution in [0.2, 0.25) is 5.02 Å². The number of benzene rings is 1. The van der Waals surface area contributed by atoms with Gasteiger partial charge in [-0.15, -0.1) is 11.8 Å². The molecule has 1 saturated carbocycles. The Hall–Kier alpha value is -0.180. The van der Waals surface area contributed by atoms with Gasteiger partial charge in [0.2, 0.25) is 0 Å². The summed E-state index contributed by atoms with van der Waals surface area (Å²) in [5.74, 6) is 0.909. The highest BCUT2D eigenvalue weighted by atomic mass is 35.5. The first-order chi connectivity index (χ1) is 9.22. The van der Waals surface area contributed by atoms with Crippen LogP contribution in [0, 0.1) is 5.92 Å². The molecule has 1 nitrogen and oxygen atoms in total. The summed E-state index contributed by atoms with van der Waals surface area (Å²) in [7, 11) is 2.09. The van der Waals surface area contributed by atoms with E-state index in [0.29, 0.717) is 11.3 Å². The largest absolute Gasteiger partial charge is 0.316 e. The number of hydrogen-bond acceptors (Lipinski definition) is 2. The predicted octanol–water partition coefficient (Wildman–Crippen LogP) is 4.99. The molecule has 1 N–H and O–H groups in total. The quantitative estimate of drug-likeness (QED) is 0.822. The highest BCUT2D eigenvalue weighted by molar-refractivity contribution is 8.00. The number of halogens is 1. The summed E-state index contributed by atoms with van der Waals surface area (Å²) in [6.45, 7) is 2.29. The predicted molar refractivity (Wildman–Crippen MR) is 86.2 cm³/mol. The van der Waals surface area contributed by atoms with Crippen LogP contribution in [0.3, 0.4) is 0 Å². The van der Waals surface area contributed by atoms with Crippen LogP contribution in [0.15, 0.2) is 29.2 Å². The van der Waals surface area contributed by atoms with Crippen molar-refractivity contribution in [1.82, 2.24) is 5.32 Å². The van der Waals surface area contributed by atoms with E-state index in [1.54, 1.807) is 0 Å². The normalized spacial score (nSPS) is 27.4. The van der Waals surface area contributed by atoms with Crippen LogP contribution in [0.25, 0.3) is 0 Å². The van der Waals surface area contributed by atoms with Gasteiger partial charge in [0.05, 0.1) is 0 Å². The molecule has 0 aromatic heterocycles. The zero-order chi connectivity index (χ0) is 13.7. The molecule has 0 amide bonds. The van der Waals surface area contributed by atoms with Gasteiger partial charge in [0.15, 0.2) is 0 Å². The second kappa shape index (κ2) is 7.56. The van der Waals surface area contributed by atoms with Crippen LogP contribution in [-0.2, 0) is 0 Å². The molecule has 1 fully saturated rings. The van der Waals surface area contributed by atoms with Crippen molar-refractivity contribution >= 4 is 23.4 Å². The topological polar surface area (TPSA) is 12.0 Å². The van der Waals surface area contributed by atoms with Crippen molar-refractivity contribution in [1.29, 1.82) is 0 Å². The first kappa shape index (κ1) is 15.2. The summed E-state index contributed by atoms with van der Waals surface area (Å²) >= 11 is 8.08. The monoisotopic (exact) mass is 297 g/mol. The zero-order valence-electron chi connectivity index (χ0n) is 11.9. The lowest BCUT2D eigenvalue weighted by molar-refractivity contribution is 0.295. The van der Waals surface area contributed by atoms with Crippen molar-refractivity contribution < 1.29 is 0 Å². The maximum absolute atomic E-state index is 6.08. The minimum Gasteiger partial charge on any atom is -0.316 e. The SMILES string of the molecule is CCCC1CCC(NC)C(Sc2cccc(Cl)c2)C1. The first-order valence-corrected chi connectivity index (χ1v) is 8.58. The fourth-order valence-corrected chi connectivity index (χ4v) is 4.82. The zero-order valence-corrected chi connectivity index (χ0v) is 13.4. The second-order valence-electron chi connectivity index (χ2n) is 5.48. The average Bonchev–Trinajstić information content (AvgIpc) is 2.39. The summed E-state index contributed by atoms with van der Waals surface area (Å²) in [6.07, 6.45) is 6.70. The highest BCUT2D eigenvalue weighted by Crippen LogP contribution is 2.38. The molecule has 3 unspecified atom stereocenters. The van der Waals surface area contributed by atoms with E-state index in [4.69, 9.17) is 11.6 Å². The van der Waals surface area contributed by atoms with Crippen LogP contribution >= 0.6 is 23.4 Å². The number of rotatable bonds is 5. The van der Waals surface area contributed by atoms with Gasteiger partial charge in [-0.3, -0.25) is 0 Å². The number of nitrogens with one attached hydrogen (secondary N) is 1.